The summed E-state index contributed by atoms with van der Waals surface area (Å²) in [4.78, 5) is 29.6. The zero-order valence-corrected chi connectivity index (χ0v) is 18.9. The van der Waals surface area contributed by atoms with E-state index >= 15 is 0 Å². The maximum Gasteiger partial charge on any atom is 0.274 e. The molecule has 0 aliphatic rings. The van der Waals surface area contributed by atoms with Crippen LogP contribution in [0.25, 0.3) is 5.82 Å². The van der Waals surface area contributed by atoms with Gasteiger partial charge >= 0.3 is 0 Å². The Labute approximate surface area is 193 Å². The predicted molar refractivity (Wildman–Crippen MR) is 117 cm³/mol. The number of amides is 2. The lowest BCUT2D eigenvalue weighted by Gasteiger charge is -2.15. The van der Waals surface area contributed by atoms with Gasteiger partial charge in [0.25, 0.3) is 18.2 Å². The first kappa shape index (κ1) is 23.1. The molecule has 2 heterocycles. The van der Waals surface area contributed by atoms with Gasteiger partial charge in [0, 0.05) is 17.3 Å². The third-order valence-electron chi connectivity index (χ3n) is 4.05. The quantitative estimate of drug-likeness (QED) is 0.473. The van der Waals surface area contributed by atoms with Crippen molar-refractivity contribution < 1.29 is 18.4 Å². The lowest BCUT2D eigenvalue weighted by Crippen LogP contribution is -2.30. The number of hydrogen-bond donors (Lipinski definition) is 2. The highest BCUT2D eigenvalue weighted by molar-refractivity contribution is 9.10. The highest BCUT2D eigenvalue weighted by atomic mass is 79.9. The van der Waals surface area contributed by atoms with Gasteiger partial charge in [0.1, 0.15) is 10.3 Å². The average molecular weight is 533 g/mol. The maximum atomic E-state index is 13.1. The van der Waals surface area contributed by atoms with Crippen molar-refractivity contribution in [1.29, 1.82) is 0 Å². The number of nitrogens with one attached hydrogen (secondary N) is 2. The number of aryl methyl sites for hydroxylation is 1. The summed E-state index contributed by atoms with van der Waals surface area (Å²) < 4.78 is 26.6. The largest absolute Gasteiger partial charge is 0.346 e. The Hall–Kier alpha value is -2.56. The molecule has 2 N–H and O–H groups in total. The third kappa shape index (κ3) is 5.38. The van der Waals surface area contributed by atoms with Crippen LogP contribution >= 0.6 is 39.1 Å². The second-order valence-electron chi connectivity index (χ2n) is 6.27. The van der Waals surface area contributed by atoms with Crippen molar-refractivity contribution in [3.63, 3.8) is 0 Å². The Morgan fingerprint density at radius 1 is 1.23 bits per heavy atom. The minimum Gasteiger partial charge on any atom is -0.346 e. The van der Waals surface area contributed by atoms with Gasteiger partial charge in [-0.05, 0) is 52.7 Å². The van der Waals surface area contributed by atoms with E-state index in [-0.39, 0.29) is 32.8 Å². The number of benzene rings is 1. The number of aromatic nitrogens is 3. The molecule has 31 heavy (non-hydrogen) atoms. The van der Waals surface area contributed by atoms with Crippen molar-refractivity contribution in [2.45, 2.75) is 13.3 Å². The highest BCUT2D eigenvalue weighted by Gasteiger charge is 2.22. The summed E-state index contributed by atoms with van der Waals surface area (Å²) in [6.07, 6.45) is -1.23. The lowest BCUT2D eigenvalue weighted by atomic mass is 10.1. The number of nitrogens with zero attached hydrogens (tertiary/aromatic N) is 3. The van der Waals surface area contributed by atoms with Gasteiger partial charge in [-0.2, -0.15) is 5.10 Å². The van der Waals surface area contributed by atoms with E-state index in [1.807, 2.05) is 0 Å². The summed E-state index contributed by atoms with van der Waals surface area (Å²) in [6.45, 7) is 0.782. The third-order valence-corrected chi connectivity index (χ3v) is 4.95. The van der Waals surface area contributed by atoms with Crippen molar-refractivity contribution in [2.24, 2.45) is 0 Å². The Balaban J connectivity index is 1.98. The lowest BCUT2D eigenvalue weighted by molar-refractivity contribution is 0.0892. The average Bonchev–Trinajstić information content (AvgIpc) is 3.09. The number of carbonyl (C=O) groups excluding carboxylic acids is 2. The fraction of sp³-hybridized carbons (Fsp3) is 0.158. The van der Waals surface area contributed by atoms with E-state index in [0.717, 1.165) is 0 Å². The van der Waals surface area contributed by atoms with Crippen molar-refractivity contribution in [3.8, 4) is 5.82 Å². The molecule has 0 saturated carbocycles. The Morgan fingerprint density at radius 3 is 2.65 bits per heavy atom. The summed E-state index contributed by atoms with van der Waals surface area (Å²) in [5, 5.41) is 9.41. The van der Waals surface area contributed by atoms with Gasteiger partial charge in [0.05, 0.1) is 22.8 Å². The van der Waals surface area contributed by atoms with Crippen LogP contribution in [0.3, 0.4) is 0 Å². The van der Waals surface area contributed by atoms with E-state index in [4.69, 9.17) is 23.2 Å². The van der Waals surface area contributed by atoms with Gasteiger partial charge < -0.3 is 10.6 Å². The number of rotatable bonds is 6. The maximum absolute atomic E-state index is 13.1. The van der Waals surface area contributed by atoms with Gasteiger partial charge in [0.15, 0.2) is 5.82 Å². The SMILES string of the molecule is Cc1cc(Cl)cc(C(=O)NCC(F)F)c1NC(=O)c1cc(Br)nn1-c1ncccc1Cl. The first-order valence-corrected chi connectivity index (χ1v) is 10.3. The molecule has 162 valence electrons. The zero-order valence-electron chi connectivity index (χ0n) is 15.8. The van der Waals surface area contributed by atoms with Gasteiger partial charge in [-0.25, -0.2) is 18.4 Å². The number of carbonyl (C=O) groups is 2. The molecular weight excluding hydrogens is 519 g/mol. The van der Waals surface area contributed by atoms with E-state index in [1.54, 1.807) is 19.1 Å². The summed E-state index contributed by atoms with van der Waals surface area (Å²) >= 11 is 15.4. The highest BCUT2D eigenvalue weighted by Crippen LogP contribution is 2.27. The molecule has 12 heteroatoms. The molecule has 0 bridgehead atoms. The fourth-order valence-electron chi connectivity index (χ4n) is 2.74. The molecule has 0 saturated heterocycles. The standard InChI is InChI=1S/C19H14BrCl2F2N5O2/c1-9-5-10(21)6-11(18(30)26-8-15(23)24)16(9)27-19(31)13-7-14(20)28-29(13)17-12(22)3-2-4-25-17/h2-7,15H,8H2,1H3,(H,26,30)(H,27,31). The Morgan fingerprint density at radius 2 is 1.97 bits per heavy atom. The summed E-state index contributed by atoms with van der Waals surface area (Å²) in [5.41, 5.74) is 0.599. The number of pyridine rings is 1. The van der Waals surface area contributed by atoms with Gasteiger partial charge in [-0.1, -0.05) is 23.2 Å². The van der Waals surface area contributed by atoms with Crippen LogP contribution in [0.2, 0.25) is 10.0 Å². The first-order valence-electron chi connectivity index (χ1n) is 8.71. The number of anilines is 1. The van der Waals surface area contributed by atoms with E-state index in [2.05, 4.69) is 36.6 Å². The normalized spacial score (nSPS) is 10.9. The van der Waals surface area contributed by atoms with Crippen molar-refractivity contribution >= 4 is 56.6 Å². The van der Waals surface area contributed by atoms with Crippen LogP contribution < -0.4 is 10.6 Å². The van der Waals surface area contributed by atoms with Gasteiger partial charge in [-0.3, -0.25) is 9.59 Å². The van der Waals surface area contributed by atoms with Crippen molar-refractivity contribution in [3.05, 3.63) is 68.0 Å². The van der Waals surface area contributed by atoms with Crippen LogP contribution in [0, 0.1) is 6.92 Å². The molecule has 2 amide bonds. The van der Waals surface area contributed by atoms with Crippen LogP contribution in [0.15, 0.2) is 41.1 Å². The minimum absolute atomic E-state index is 0.0556. The van der Waals surface area contributed by atoms with Crippen LogP contribution in [0.1, 0.15) is 26.4 Å². The number of halogens is 5. The molecule has 3 rings (SSSR count). The van der Waals surface area contributed by atoms with Gasteiger partial charge in [-0.15, -0.1) is 0 Å². The summed E-state index contributed by atoms with van der Waals surface area (Å²) in [7, 11) is 0. The van der Waals surface area contributed by atoms with Crippen molar-refractivity contribution in [2.75, 3.05) is 11.9 Å². The predicted octanol–water partition coefficient (Wildman–Crippen LogP) is 4.89. The van der Waals surface area contributed by atoms with E-state index in [9.17, 15) is 18.4 Å². The number of hydrogen-bond acceptors (Lipinski definition) is 4. The van der Waals surface area contributed by atoms with Gasteiger partial charge in [0.2, 0.25) is 0 Å². The topological polar surface area (TPSA) is 88.9 Å². The second-order valence-corrected chi connectivity index (χ2v) is 7.93. The van der Waals surface area contributed by atoms with Crippen molar-refractivity contribution in [1.82, 2.24) is 20.1 Å². The molecule has 1 aromatic carbocycles. The molecule has 7 nitrogen and oxygen atoms in total. The zero-order chi connectivity index (χ0) is 22.7. The molecule has 0 radical (unpaired) electrons. The molecule has 0 unspecified atom stereocenters. The molecule has 0 fully saturated rings. The van der Waals surface area contributed by atoms with E-state index < -0.39 is 24.8 Å². The van der Waals surface area contributed by atoms with E-state index in [0.29, 0.717) is 10.2 Å². The van der Waals surface area contributed by atoms with Crippen LogP contribution in [-0.2, 0) is 0 Å². The van der Waals surface area contributed by atoms with E-state index in [1.165, 1.54) is 29.1 Å². The molecule has 3 aromatic rings. The summed E-state index contributed by atoms with van der Waals surface area (Å²) in [6, 6.07) is 7.49. The summed E-state index contributed by atoms with van der Waals surface area (Å²) in [5.74, 6) is -1.21. The smallest absolute Gasteiger partial charge is 0.274 e. The van der Waals surface area contributed by atoms with Crippen LogP contribution in [0.4, 0.5) is 14.5 Å². The molecule has 0 spiro atoms. The first-order chi connectivity index (χ1) is 14.7. The molecule has 2 aromatic heterocycles. The molecule has 0 aliphatic heterocycles. The second kappa shape index (κ2) is 9.71. The minimum atomic E-state index is -2.72. The van der Waals surface area contributed by atoms with Crippen LogP contribution in [0.5, 0.6) is 0 Å². The molecule has 0 atom stereocenters. The Bertz CT molecular complexity index is 1160. The number of alkyl halides is 2. The molecular formula is C19H14BrCl2F2N5O2. The monoisotopic (exact) mass is 531 g/mol. The molecule has 0 aliphatic carbocycles. The Kier molecular flexibility index (Phi) is 7.24. The fourth-order valence-corrected chi connectivity index (χ4v) is 3.59. The van der Waals surface area contributed by atoms with Crippen LogP contribution in [-0.4, -0.2) is 39.5 Å².